The topological polar surface area (TPSA) is 129 Å². The van der Waals surface area contributed by atoms with Gasteiger partial charge >= 0.3 is 11.1 Å². The van der Waals surface area contributed by atoms with Crippen molar-refractivity contribution in [1.29, 1.82) is 0 Å². The molecule has 3 aromatic rings. The Morgan fingerprint density at radius 3 is 2.62 bits per heavy atom. The van der Waals surface area contributed by atoms with E-state index in [2.05, 4.69) is 9.82 Å². The van der Waals surface area contributed by atoms with E-state index in [-0.39, 0.29) is 12.2 Å². The molecule has 0 aliphatic carbocycles. The largest absolute Gasteiger partial charge is 0.392 e. The number of anilines is 1. The molecule has 0 unspecified atom stereocenters. The first kappa shape index (κ1) is 17.3. The minimum atomic E-state index is -1.13. The second kappa shape index (κ2) is 7.99. The average molecular weight is 347 g/mol. The number of aromatic nitrogens is 1. The maximum absolute atomic E-state index is 10.8. The number of carbonyl (C=O) groups excluding carboxylic acids is 1. The van der Waals surface area contributed by atoms with Crippen LogP contribution in [0.25, 0.3) is 10.2 Å². The molecule has 0 atom stereocenters. The molecule has 2 aromatic carbocycles. The van der Waals surface area contributed by atoms with Crippen molar-refractivity contribution in [2.45, 2.75) is 6.61 Å². The predicted octanol–water partition coefficient (Wildman–Crippen LogP) is 2.41. The summed E-state index contributed by atoms with van der Waals surface area (Å²) in [4.78, 5) is 28.4. The lowest BCUT2D eigenvalue weighted by molar-refractivity contribution is -0.727. The second-order valence-electron chi connectivity index (χ2n) is 4.48. The van der Waals surface area contributed by atoms with E-state index in [0.29, 0.717) is 5.13 Å². The number of hydrogen-bond acceptors (Lipinski definition) is 8. The van der Waals surface area contributed by atoms with Gasteiger partial charge in [-0.25, -0.2) is 9.82 Å². The Morgan fingerprint density at radius 1 is 1.29 bits per heavy atom. The SMILES string of the molecule is Nc1nc2ccc(CO)cc2s1.O=C(O[N+](=O)[O-])c1ccccc1. The smallest absolute Gasteiger partial charge is 0.334 e. The summed E-state index contributed by atoms with van der Waals surface area (Å²) in [5.41, 5.74) is 7.48. The monoisotopic (exact) mass is 347 g/mol. The van der Waals surface area contributed by atoms with Gasteiger partial charge in [0.05, 0.1) is 16.8 Å². The van der Waals surface area contributed by atoms with Crippen LogP contribution in [0.1, 0.15) is 15.9 Å². The predicted molar refractivity (Wildman–Crippen MR) is 88.8 cm³/mol. The second-order valence-corrected chi connectivity index (χ2v) is 5.54. The maximum atomic E-state index is 10.8. The van der Waals surface area contributed by atoms with Gasteiger partial charge in [-0.1, -0.05) is 35.6 Å². The number of hydrogen-bond donors (Lipinski definition) is 2. The zero-order chi connectivity index (χ0) is 17.5. The minimum absolute atomic E-state index is 0.0632. The van der Waals surface area contributed by atoms with Crippen molar-refractivity contribution in [1.82, 2.24) is 4.98 Å². The summed E-state index contributed by atoms with van der Waals surface area (Å²) < 4.78 is 1.03. The number of aliphatic hydroxyl groups excluding tert-OH is 1. The number of rotatable bonds is 3. The van der Waals surface area contributed by atoms with Crippen LogP contribution in [-0.4, -0.2) is 21.1 Å². The summed E-state index contributed by atoms with van der Waals surface area (Å²) >= 11 is 1.44. The van der Waals surface area contributed by atoms with E-state index in [9.17, 15) is 14.9 Å². The lowest BCUT2D eigenvalue weighted by Crippen LogP contribution is -2.09. The Hall–Kier alpha value is -3.04. The number of carbonyl (C=O) groups is 1. The van der Waals surface area contributed by atoms with E-state index >= 15 is 0 Å². The van der Waals surface area contributed by atoms with Crippen LogP contribution in [0.3, 0.4) is 0 Å². The Balaban J connectivity index is 0.000000174. The van der Waals surface area contributed by atoms with E-state index < -0.39 is 11.1 Å². The van der Waals surface area contributed by atoms with Gasteiger partial charge in [-0.3, -0.25) is 4.79 Å². The van der Waals surface area contributed by atoms with Crippen LogP contribution in [-0.2, 0) is 11.4 Å². The molecule has 124 valence electrons. The van der Waals surface area contributed by atoms with Gasteiger partial charge in [0.25, 0.3) is 0 Å². The molecule has 0 aliphatic rings. The summed E-state index contributed by atoms with van der Waals surface area (Å²) in [5, 5.41) is 18.0. The molecule has 24 heavy (non-hydrogen) atoms. The van der Waals surface area contributed by atoms with Crippen LogP contribution in [0.15, 0.2) is 48.5 Å². The summed E-state index contributed by atoms with van der Waals surface area (Å²) in [6.45, 7) is 0.0632. The molecule has 1 aromatic heterocycles. The molecule has 0 aliphatic heterocycles. The lowest BCUT2D eigenvalue weighted by atomic mass is 10.2. The first-order chi connectivity index (χ1) is 11.5. The van der Waals surface area contributed by atoms with Crippen LogP contribution in [0, 0.1) is 10.1 Å². The van der Waals surface area contributed by atoms with Gasteiger partial charge in [-0.2, -0.15) is 0 Å². The highest BCUT2D eigenvalue weighted by molar-refractivity contribution is 7.22. The third-order valence-corrected chi connectivity index (χ3v) is 3.67. The van der Waals surface area contributed by atoms with Gasteiger partial charge < -0.3 is 10.8 Å². The number of aliphatic hydroxyl groups is 1. The Labute approximate surface area is 140 Å². The van der Waals surface area contributed by atoms with Crippen LogP contribution in [0.4, 0.5) is 5.13 Å². The van der Waals surface area contributed by atoms with Crippen LogP contribution in [0.2, 0.25) is 0 Å². The fourth-order valence-electron chi connectivity index (χ4n) is 1.78. The van der Waals surface area contributed by atoms with E-state index in [0.717, 1.165) is 15.8 Å². The fraction of sp³-hybridized carbons (Fsp3) is 0.0667. The first-order valence-corrected chi connectivity index (χ1v) is 7.49. The van der Waals surface area contributed by atoms with Gasteiger partial charge in [0, 0.05) is 5.56 Å². The zero-order valence-electron chi connectivity index (χ0n) is 12.3. The maximum Gasteiger partial charge on any atom is 0.334 e. The molecule has 0 radical (unpaired) electrons. The van der Waals surface area contributed by atoms with Gasteiger partial charge in [0.15, 0.2) is 5.13 Å². The van der Waals surface area contributed by atoms with Gasteiger partial charge in [-0.05, 0) is 29.8 Å². The van der Waals surface area contributed by atoms with Crippen molar-refractivity contribution in [2.75, 3.05) is 5.73 Å². The van der Waals surface area contributed by atoms with Crippen molar-refractivity contribution in [2.24, 2.45) is 0 Å². The molecule has 9 heteroatoms. The number of nitrogens with zero attached hydrogens (tertiary/aromatic N) is 2. The van der Waals surface area contributed by atoms with E-state index in [1.165, 1.54) is 23.5 Å². The summed E-state index contributed by atoms with van der Waals surface area (Å²) in [6.07, 6.45) is 0. The number of fused-ring (bicyclic) bond motifs is 1. The van der Waals surface area contributed by atoms with Gasteiger partial charge in [-0.15, -0.1) is 10.1 Å². The van der Waals surface area contributed by atoms with Crippen LogP contribution >= 0.6 is 11.3 Å². The molecule has 0 amide bonds. The van der Waals surface area contributed by atoms with E-state index in [4.69, 9.17) is 10.8 Å². The molecule has 0 fully saturated rings. The summed E-state index contributed by atoms with van der Waals surface area (Å²) in [7, 11) is 0. The molecule has 0 saturated carbocycles. The van der Waals surface area contributed by atoms with Crippen molar-refractivity contribution in [3.05, 3.63) is 69.8 Å². The molecule has 3 rings (SSSR count). The third-order valence-electron chi connectivity index (χ3n) is 2.82. The number of benzene rings is 2. The quantitative estimate of drug-likeness (QED) is 0.550. The molecule has 0 saturated heterocycles. The van der Waals surface area contributed by atoms with Crippen molar-refractivity contribution in [3.8, 4) is 0 Å². The molecule has 3 N–H and O–H groups in total. The number of nitrogen functional groups attached to an aromatic ring is 1. The highest BCUT2D eigenvalue weighted by Crippen LogP contribution is 2.24. The average Bonchev–Trinajstić information content (AvgIpc) is 2.94. The zero-order valence-corrected chi connectivity index (χ0v) is 13.1. The molecular formula is C15H13N3O5S. The minimum Gasteiger partial charge on any atom is -0.392 e. The van der Waals surface area contributed by atoms with Crippen molar-refractivity contribution >= 4 is 32.7 Å². The van der Waals surface area contributed by atoms with Crippen LogP contribution < -0.4 is 5.73 Å². The lowest BCUT2D eigenvalue weighted by Gasteiger charge is -1.95. The van der Waals surface area contributed by atoms with Crippen molar-refractivity contribution < 1.29 is 19.8 Å². The Bertz CT molecular complexity index is 851. The molecular weight excluding hydrogens is 334 g/mol. The van der Waals surface area contributed by atoms with Gasteiger partial charge in [0.1, 0.15) is 0 Å². The highest BCUT2D eigenvalue weighted by atomic mass is 32.1. The standard InChI is InChI=1S/C8H8N2OS.C7H5NO4/c9-8-10-6-2-1-5(4-11)3-7(6)12-8;9-7(12-8(10)11)6-4-2-1-3-5-6/h1-3,11H,4H2,(H2,9,10);1-5H. The highest BCUT2D eigenvalue weighted by Gasteiger charge is 2.08. The first-order valence-electron chi connectivity index (χ1n) is 6.67. The normalized spacial score (nSPS) is 9.88. The fourth-order valence-corrected chi connectivity index (χ4v) is 2.58. The number of nitrogens with two attached hydrogens (primary N) is 1. The van der Waals surface area contributed by atoms with E-state index in [1.54, 1.807) is 18.2 Å². The Kier molecular flexibility index (Phi) is 5.77. The van der Waals surface area contributed by atoms with Crippen LogP contribution in [0.5, 0.6) is 0 Å². The third kappa shape index (κ3) is 4.73. The van der Waals surface area contributed by atoms with Gasteiger partial charge in [0.2, 0.25) is 0 Å². The Morgan fingerprint density at radius 2 is 2.00 bits per heavy atom. The molecule has 1 heterocycles. The van der Waals surface area contributed by atoms with Crippen molar-refractivity contribution in [3.63, 3.8) is 0 Å². The summed E-state index contributed by atoms with van der Waals surface area (Å²) in [6, 6.07) is 13.4. The number of thiazole rings is 1. The summed E-state index contributed by atoms with van der Waals surface area (Å²) in [5.74, 6) is -0.958. The van der Waals surface area contributed by atoms with E-state index in [1.807, 2.05) is 18.2 Å². The molecule has 0 bridgehead atoms. The molecule has 0 spiro atoms. The molecule has 8 nitrogen and oxygen atoms in total.